The van der Waals surface area contributed by atoms with Gasteiger partial charge in [-0.15, -0.1) is 13.2 Å². The summed E-state index contributed by atoms with van der Waals surface area (Å²) in [5, 5.41) is -0.126. The normalized spacial score (nSPS) is 11.5. The Morgan fingerprint density at radius 2 is 2.07 bits per heavy atom. The van der Waals surface area contributed by atoms with Crippen LogP contribution in [-0.4, -0.2) is 11.3 Å². The smallest absolute Gasteiger partial charge is 0.402 e. The molecule has 0 aliphatic carbocycles. The Labute approximate surface area is 88.0 Å². The van der Waals surface area contributed by atoms with Gasteiger partial charge in [-0.2, -0.15) is 0 Å². The lowest BCUT2D eigenvalue weighted by Gasteiger charge is -2.12. The summed E-state index contributed by atoms with van der Waals surface area (Å²) in [7, 11) is 0. The van der Waals surface area contributed by atoms with E-state index in [1.807, 2.05) is 0 Å². The van der Waals surface area contributed by atoms with Gasteiger partial charge in [-0.05, 0) is 0 Å². The summed E-state index contributed by atoms with van der Waals surface area (Å²) < 4.78 is 39.2. The SMILES string of the molecule is NCc1ncc(OC(F)(F)F)c(N)c1Cl. The highest BCUT2D eigenvalue weighted by Gasteiger charge is 2.32. The molecule has 1 aromatic rings. The van der Waals surface area contributed by atoms with Crippen molar-refractivity contribution in [3.05, 3.63) is 16.9 Å². The molecule has 0 atom stereocenters. The number of pyridine rings is 1. The van der Waals surface area contributed by atoms with Crippen molar-refractivity contribution < 1.29 is 17.9 Å². The van der Waals surface area contributed by atoms with E-state index < -0.39 is 12.1 Å². The lowest BCUT2D eigenvalue weighted by atomic mass is 10.3. The minimum atomic E-state index is -4.83. The molecule has 1 aromatic heterocycles. The highest BCUT2D eigenvalue weighted by atomic mass is 35.5. The van der Waals surface area contributed by atoms with Crippen molar-refractivity contribution in [2.24, 2.45) is 5.73 Å². The Bertz CT molecular complexity index is 369. The summed E-state index contributed by atoms with van der Waals surface area (Å²) >= 11 is 5.61. The van der Waals surface area contributed by atoms with Gasteiger partial charge in [-0.1, -0.05) is 11.6 Å². The van der Waals surface area contributed by atoms with Gasteiger partial charge in [0, 0.05) is 6.54 Å². The molecule has 0 saturated heterocycles. The van der Waals surface area contributed by atoms with Crippen LogP contribution in [0.25, 0.3) is 0 Å². The molecule has 0 fully saturated rings. The zero-order chi connectivity index (χ0) is 11.6. The molecule has 0 aromatic carbocycles. The third kappa shape index (κ3) is 2.87. The summed E-state index contributed by atoms with van der Waals surface area (Å²) in [6.45, 7) is -0.0185. The molecule has 0 amide bonds. The van der Waals surface area contributed by atoms with Crippen LogP contribution in [0.5, 0.6) is 5.75 Å². The average Bonchev–Trinajstić information content (AvgIpc) is 2.11. The first kappa shape index (κ1) is 11.9. The third-order valence-corrected chi connectivity index (χ3v) is 1.93. The van der Waals surface area contributed by atoms with Crippen molar-refractivity contribution in [2.45, 2.75) is 12.9 Å². The van der Waals surface area contributed by atoms with E-state index in [4.69, 9.17) is 23.1 Å². The number of halogens is 4. The third-order valence-electron chi connectivity index (χ3n) is 1.51. The van der Waals surface area contributed by atoms with Crippen LogP contribution in [0.4, 0.5) is 18.9 Å². The number of rotatable bonds is 2. The molecule has 0 spiro atoms. The number of anilines is 1. The zero-order valence-corrected chi connectivity index (χ0v) is 8.06. The maximum atomic E-state index is 11.9. The van der Waals surface area contributed by atoms with Crippen molar-refractivity contribution in [1.29, 1.82) is 0 Å². The number of ether oxygens (including phenoxy) is 1. The summed E-state index contributed by atoms with van der Waals surface area (Å²) in [6.07, 6.45) is -4.00. The minimum absolute atomic E-state index is 0.0185. The van der Waals surface area contributed by atoms with E-state index in [1.54, 1.807) is 0 Å². The first-order chi connectivity index (χ1) is 6.85. The van der Waals surface area contributed by atoms with Crippen LogP contribution in [-0.2, 0) is 6.54 Å². The fourth-order valence-electron chi connectivity index (χ4n) is 0.875. The van der Waals surface area contributed by atoms with Gasteiger partial charge in [0.15, 0.2) is 5.75 Å². The minimum Gasteiger partial charge on any atom is -0.402 e. The van der Waals surface area contributed by atoms with Crippen molar-refractivity contribution in [2.75, 3.05) is 5.73 Å². The number of hydrogen-bond acceptors (Lipinski definition) is 4. The Balaban J connectivity index is 3.07. The second-order valence-corrected chi connectivity index (χ2v) is 2.93. The number of nitrogens with two attached hydrogens (primary N) is 2. The predicted molar refractivity (Wildman–Crippen MR) is 48.2 cm³/mol. The van der Waals surface area contributed by atoms with Gasteiger partial charge in [0.2, 0.25) is 0 Å². The van der Waals surface area contributed by atoms with Crippen LogP contribution in [0.2, 0.25) is 5.02 Å². The number of alkyl halides is 3. The van der Waals surface area contributed by atoms with Crippen molar-refractivity contribution in [1.82, 2.24) is 4.98 Å². The highest BCUT2D eigenvalue weighted by Crippen LogP contribution is 2.33. The summed E-state index contributed by atoms with van der Waals surface area (Å²) in [4.78, 5) is 3.58. The Hall–Kier alpha value is -1.21. The van der Waals surface area contributed by atoms with Gasteiger partial charge >= 0.3 is 6.36 Å². The van der Waals surface area contributed by atoms with Crippen molar-refractivity contribution >= 4 is 17.3 Å². The summed E-state index contributed by atoms with van der Waals surface area (Å²) in [6, 6.07) is 0. The van der Waals surface area contributed by atoms with Crippen molar-refractivity contribution in [3.63, 3.8) is 0 Å². The van der Waals surface area contributed by atoms with E-state index in [9.17, 15) is 13.2 Å². The largest absolute Gasteiger partial charge is 0.573 e. The molecule has 1 heterocycles. The molecular formula is C7H7ClF3N3O. The molecular weight excluding hydrogens is 235 g/mol. The zero-order valence-electron chi connectivity index (χ0n) is 7.31. The van der Waals surface area contributed by atoms with Gasteiger partial charge in [0.1, 0.15) is 0 Å². The number of nitrogens with zero attached hydrogens (tertiary/aromatic N) is 1. The fourth-order valence-corrected chi connectivity index (χ4v) is 1.09. The van der Waals surface area contributed by atoms with Gasteiger partial charge in [0.05, 0.1) is 22.6 Å². The van der Waals surface area contributed by atoms with E-state index in [2.05, 4.69) is 9.72 Å². The average molecular weight is 242 g/mol. The maximum absolute atomic E-state index is 11.9. The standard InChI is InChI=1S/C7H7ClF3N3O/c8-5-3(1-12)14-2-4(6(5)13)15-7(9,10)11/h2H,1,12H2,(H2,13,14). The van der Waals surface area contributed by atoms with E-state index in [1.165, 1.54) is 0 Å². The molecule has 0 aliphatic heterocycles. The second-order valence-electron chi connectivity index (χ2n) is 2.55. The van der Waals surface area contributed by atoms with Crippen molar-refractivity contribution in [3.8, 4) is 5.75 Å². The quantitative estimate of drug-likeness (QED) is 0.826. The van der Waals surface area contributed by atoms with E-state index >= 15 is 0 Å². The molecule has 15 heavy (non-hydrogen) atoms. The van der Waals surface area contributed by atoms with Crippen LogP contribution < -0.4 is 16.2 Å². The van der Waals surface area contributed by atoms with Gasteiger partial charge < -0.3 is 16.2 Å². The van der Waals surface area contributed by atoms with E-state index in [0.29, 0.717) is 0 Å². The van der Waals surface area contributed by atoms with Gasteiger partial charge in [-0.3, -0.25) is 4.98 Å². The molecule has 0 bridgehead atoms. The first-order valence-electron chi connectivity index (χ1n) is 3.74. The van der Waals surface area contributed by atoms with Crippen LogP contribution >= 0.6 is 11.6 Å². The number of aromatic nitrogens is 1. The Morgan fingerprint density at radius 3 is 2.53 bits per heavy atom. The molecule has 0 saturated carbocycles. The van der Waals surface area contributed by atoms with Crippen LogP contribution in [0.1, 0.15) is 5.69 Å². The highest BCUT2D eigenvalue weighted by molar-refractivity contribution is 6.34. The molecule has 4 nitrogen and oxygen atoms in total. The van der Waals surface area contributed by atoms with Gasteiger partial charge in [0.25, 0.3) is 0 Å². The van der Waals surface area contributed by atoms with Crippen LogP contribution in [0.15, 0.2) is 6.20 Å². The fraction of sp³-hybridized carbons (Fsp3) is 0.286. The number of nitrogen functional groups attached to an aromatic ring is 1. The monoisotopic (exact) mass is 241 g/mol. The lowest BCUT2D eigenvalue weighted by molar-refractivity contribution is -0.274. The summed E-state index contributed by atoms with van der Waals surface area (Å²) in [5.74, 6) is -0.635. The molecule has 4 N–H and O–H groups in total. The second kappa shape index (κ2) is 4.11. The Morgan fingerprint density at radius 1 is 1.47 bits per heavy atom. The maximum Gasteiger partial charge on any atom is 0.573 e. The molecule has 0 aliphatic rings. The molecule has 8 heteroatoms. The molecule has 0 radical (unpaired) electrons. The summed E-state index contributed by atoms with van der Waals surface area (Å²) in [5.41, 5.74) is 10.4. The Kier molecular flexibility index (Phi) is 3.25. The van der Waals surface area contributed by atoms with E-state index in [0.717, 1.165) is 6.20 Å². The molecule has 1 rings (SSSR count). The number of hydrogen-bond donors (Lipinski definition) is 2. The van der Waals surface area contributed by atoms with Gasteiger partial charge in [-0.25, -0.2) is 0 Å². The molecule has 0 unspecified atom stereocenters. The van der Waals surface area contributed by atoms with Crippen LogP contribution in [0.3, 0.4) is 0 Å². The lowest BCUT2D eigenvalue weighted by Crippen LogP contribution is -2.18. The molecule has 84 valence electrons. The van der Waals surface area contributed by atoms with Crippen LogP contribution in [0, 0.1) is 0 Å². The predicted octanol–water partition coefficient (Wildman–Crippen LogP) is 1.67. The topological polar surface area (TPSA) is 74.2 Å². The first-order valence-corrected chi connectivity index (χ1v) is 4.11. The van der Waals surface area contributed by atoms with E-state index in [-0.39, 0.29) is 22.9 Å².